The van der Waals surface area contributed by atoms with Gasteiger partial charge in [-0.15, -0.1) is 0 Å². The topological polar surface area (TPSA) is 67.0 Å². The molecular weight excluding hydrogens is 310 g/mol. The zero-order valence-electron chi connectivity index (χ0n) is 14.4. The average molecular weight is 340 g/mol. The fourth-order valence-corrected chi connectivity index (χ4v) is 2.96. The van der Waals surface area contributed by atoms with Crippen molar-refractivity contribution in [1.82, 2.24) is 15.3 Å². The second-order valence-corrected chi connectivity index (χ2v) is 7.12. The number of thiol groups is 1. The molecule has 0 saturated heterocycles. The highest BCUT2D eigenvalue weighted by Gasteiger charge is 2.30. The van der Waals surface area contributed by atoms with E-state index in [9.17, 15) is 4.79 Å². The molecule has 0 spiro atoms. The maximum absolute atomic E-state index is 12.3. The highest BCUT2D eigenvalue weighted by atomic mass is 32.1. The second-order valence-electron chi connectivity index (χ2n) is 6.76. The standard InChI is InChI=1S/C17H29N3O2S/c1-4-7-22-17-19-14(15(20-17)12-5-6-12)9-18-16(21)13(10-23)8-11(2)3/h11-13,23H,4-10H2,1-3H3,(H,18,21)(H,19,20)/t13-/m1/s1. The van der Waals surface area contributed by atoms with Gasteiger partial charge >= 0.3 is 0 Å². The van der Waals surface area contributed by atoms with Crippen molar-refractivity contribution in [3.63, 3.8) is 0 Å². The van der Waals surface area contributed by atoms with Crippen molar-refractivity contribution in [2.24, 2.45) is 11.8 Å². The Morgan fingerprint density at radius 1 is 1.48 bits per heavy atom. The minimum atomic E-state index is -0.0403. The van der Waals surface area contributed by atoms with E-state index >= 15 is 0 Å². The number of hydrogen-bond acceptors (Lipinski definition) is 4. The number of rotatable bonds is 10. The van der Waals surface area contributed by atoms with Crippen LogP contribution in [0, 0.1) is 11.8 Å². The number of ether oxygens (including phenoxy) is 1. The van der Waals surface area contributed by atoms with Crippen LogP contribution in [0.1, 0.15) is 63.8 Å². The first-order chi connectivity index (χ1) is 11.0. The van der Waals surface area contributed by atoms with Gasteiger partial charge in [-0.25, -0.2) is 0 Å². The van der Waals surface area contributed by atoms with Gasteiger partial charge in [0.25, 0.3) is 6.01 Å². The summed E-state index contributed by atoms with van der Waals surface area (Å²) in [4.78, 5) is 20.1. The summed E-state index contributed by atoms with van der Waals surface area (Å²) >= 11 is 4.31. The first kappa shape index (κ1) is 18.2. The van der Waals surface area contributed by atoms with Crippen LogP contribution in [0.2, 0.25) is 0 Å². The molecule has 130 valence electrons. The molecule has 23 heavy (non-hydrogen) atoms. The van der Waals surface area contributed by atoms with Gasteiger partial charge in [0, 0.05) is 17.6 Å². The Balaban J connectivity index is 1.95. The average Bonchev–Trinajstić information content (AvgIpc) is 3.29. The Kier molecular flexibility index (Phi) is 6.81. The molecule has 0 radical (unpaired) electrons. The number of hydrogen-bond donors (Lipinski definition) is 3. The smallest absolute Gasteiger partial charge is 0.294 e. The summed E-state index contributed by atoms with van der Waals surface area (Å²) in [6.45, 7) is 7.45. The van der Waals surface area contributed by atoms with Gasteiger partial charge in [-0.2, -0.15) is 17.6 Å². The lowest BCUT2D eigenvalue weighted by molar-refractivity contribution is -0.124. The van der Waals surface area contributed by atoms with Crippen molar-refractivity contribution in [2.45, 2.75) is 58.9 Å². The number of aromatic amines is 1. The number of aromatic nitrogens is 2. The molecule has 1 atom stereocenters. The number of carbonyl (C=O) groups excluding carboxylic acids is 1. The van der Waals surface area contributed by atoms with Gasteiger partial charge in [-0.1, -0.05) is 20.8 Å². The Bertz CT molecular complexity index is 512. The highest BCUT2D eigenvalue weighted by Crippen LogP contribution is 2.41. The Morgan fingerprint density at radius 2 is 2.22 bits per heavy atom. The Labute approximate surface area is 144 Å². The number of H-pyrrole nitrogens is 1. The predicted molar refractivity (Wildman–Crippen MR) is 95.0 cm³/mol. The fourth-order valence-electron chi connectivity index (χ4n) is 2.65. The van der Waals surface area contributed by atoms with E-state index in [1.807, 2.05) is 0 Å². The van der Waals surface area contributed by atoms with Gasteiger partial charge in [0.2, 0.25) is 5.91 Å². The van der Waals surface area contributed by atoms with E-state index in [0.717, 1.165) is 24.2 Å². The van der Waals surface area contributed by atoms with Crippen molar-refractivity contribution in [3.8, 4) is 6.01 Å². The lowest BCUT2D eigenvalue weighted by Crippen LogP contribution is -2.32. The summed E-state index contributed by atoms with van der Waals surface area (Å²) in [6, 6.07) is 0.575. The summed E-state index contributed by atoms with van der Waals surface area (Å²) in [5.41, 5.74) is 2.04. The molecule has 0 bridgehead atoms. The van der Waals surface area contributed by atoms with E-state index in [1.54, 1.807) is 0 Å². The maximum Gasteiger partial charge on any atom is 0.294 e. The molecule has 1 aromatic heterocycles. The number of nitrogens with one attached hydrogen (secondary N) is 2. The lowest BCUT2D eigenvalue weighted by Gasteiger charge is -2.16. The third kappa shape index (κ3) is 5.44. The van der Waals surface area contributed by atoms with Crippen LogP contribution in [0.4, 0.5) is 0 Å². The van der Waals surface area contributed by atoms with Gasteiger partial charge in [0.05, 0.1) is 24.5 Å². The van der Waals surface area contributed by atoms with E-state index in [1.165, 1.54) is 12.8 Å². The molecule has 6 heteroatoms. The summed E-state index contributed by atoms with van der Waals surface area (Å²) in [5.74, 6) is 1.62. The number of carbonyl (C=O) groups is 1. The molecule has 2 rings (SSSR count). The van der Waals surface area contributed by atoms with Crippen LogP contribution in [0.25, 0.3) is 0 Å². The molecule has 0 aliphatic heterocycles. The molecule has 1 aliphatic carbocycles. The molecule has 0 unspecified atom stereocenters. The minimum Gasteiger partial charge on any atom is -0.465 e. The molecule has 1 aromatic rings. The summed E-state index contributed by atoms with van der Waals surface area (Å²) in [5, 5.41) is 3.03. The van der Waals surface area contributed by atoms with Crippen molar-refractivity contribution in [3.05, 3.63) is 11.4 Å². The number of nitrogens with zero attached hydrogens (tertiary/aromatic N) is 1. The summed E-state index contributed by atoms with van der Waals surface area (Å²) < 4.78 is 5.59. The van der Waals surface area contributed by atoms with Crippen molar-refractivity contribution >= 4 is 18.5 Å². The van der Waals surface area contributed by atoms with E-state index in [0.29, 0.717) is 36.8 Å². The van der Waals surface area contributed by atoms with Crippen molar-refractivity contribution < 1.29 is 9.53 Å². The van der Waals surface area contributed by atoms with Gasteiger partial charge in [0.1, 0.15) is 0 Å². The third-order valence-electron chi connectivity index (χ3n) is 3.98. The molecule has 1 saturated carbocycles. The van der Waals surface area contributed by atoms with E-state index < -0.39 is 0 Å². The molecule has 1 heterocycles. The van der Waals surface area contributed by atoms with Crippen molar-refractivity contribution in [2.75, 3.05) is 12.4 Å². The highest BCUT2D eigenvalue weighted by molar-refractivity contribution is 7.80. The SMILES string of the molecule is CCCOc1nc(C2CC2)c(CNC(=O)[C@@H](CS)CC(C)C)[nH]1. The number of imidazole rings is 1. The Hall–Kier alpha value is -1.17. The van der Waals surface area contributed by atoms with Crippen LogP contribution in [0.5, 0.6) is 6.01 Å². The first-order valence-corrected chi connectivity index (χ1v) is 9.28. The minimum absolute atomic E-state index is 0.0403. The maximum atomic E-state index is 12.3. The second kappa shape index (κ2) is 8.62. The molecule has 1 aliphatic rings. The largest absolute Gasteiger partial charge is 0.465 e. The molecule has 1 fully saturated rings. The van der Waals surface area contributed by atoms with E-state index in [-0.39, 0.29) is 11.8 Å². The fraction of sp³-hybridized carbons (Fsp3) is 0.765. The lowest BCUT2D eigenvalue weighted by atomic mass is 9.98. The van der Waals surface area contributed by atoms with Crippen molar-refractivity contribution in [1.29, 1.82) is 0 Å². The van der Waals surface area contributed by atoms with Crippen LogP contribution in [0.15, 0.2) is 0 Å². The van der Waals surface area contributed by atoms with Gasteiger partial charge in [-0.3, -0.25) is 4.79 Å². The van der Waals surface area contributed by atoms with E-state index in [2.05, 4.69) is 48.7 Å². The molecular formula is C17H29N3O2S. The summed E-state index contributed by atoms with van der Waals surface area (Å²) in [7, 11) is 0. The van der Waals surface area contributed by atoms with Gasteiger partial charge < -0.3 is 15.0 Å². The number of amides is 1. The van der Waals surface area contributed by atoms with Crippen LogP contribution in [-0.2, 0) is 11.3 Å². The monoisotopic (exact) mass is 339 g/mol. The molecule has 0 aromatic carbocycles. The first-order valence-electron chi connectivity index (χ1n) is 8.65. The zero-order valence-corrected chi connectivity index (χ0v) is 15.3. The van der Waals surface area contributed by atoms with Gasteiger partial charge in [0.15, 0.2) is 0 Å². The third-order valence-corrected chi connectivity index (χ3v) is 4.42. The van der Waals surface area contributed by atoms with Crippen LogP contribution in [-0.4, -0.2) is 28.2 Å². The van der Waals surface area contributed by atoms with Crippen LogP contribution < -0.4 is 10.1 Å². The molecule has 5 nitrogen and oxygen atoms in total. The Morgan fingerprint density at radius 3 is 2.78 bits per heavy atom. The quantitative estimate of drug-likeness (QED) is 0.573. The predicted octanol–water partition coefficient (Wildman–Crippen LogP) is 3.28. The zero-order chi connectivity index (χ0) is 16.8. The molecule has 1 amide bonds. The van der Waals surface area contributed by atoms with E-state index in [4.69, 9.17) is 4.74 Å². The van der Waals surface area contributed by atoms with Gasteiger partial charge in [-0.05, 0) is 31.6 Å². The van der Waals surface area contributed by atoms with Crippen LogP contribution in [0.3, 0.4) is 0 Å². The normalized spacial score (nSPS) is 15.7. The summed E-state index contributed by atoms with van der Waals surface area (Å²) in [6.07, 6.45) is 4.15. The molecule has 2 N–H and O–H groups in total. The van der Waals surface area contributed by atoms with Crippen LogP contribution >= 0.6 is 12.6 Å².